The molecule has 0 aromatic carbocycles. The second-order valence-corrected chi connectivity index (χ2v) is 6.12. The van der Waals surface area contributed by atoms with Crippen molar-refractivity contribution in [3.63, 3.8) is 0 Å². The summed E-state index contributed by atoms with van der Waals surface area (Å²) in [7, 11) is 1.59. The van der Waals surface area contributed by atoms with Crippen LogP contribution >= 0.6 is 12.2 Å². The van der Waals surface area contributed by atoms with Crippen molar-refractivity contribution in [1.82, 2.24) is 15.3 Å². The molecule has 0 aliphatic carbocycles. The van der Waals surface area contributed by atoms with E-state index >= 15 is 0 Å². The number of ether oxygens (including phenoxy) is 1. The molecule has 6 nitrogen and oxygen atoms in total. The molecule has 2 rings (SSSR count). The van der Waals surface area contributed by atoms with Crippen molar-refractivity contribution in [2.75, 3.05) is 43.6 Å². The van der Waals surface area contributed by atoms with Gasteiger partial charge in [0, 0.05) is 39.4 Å². The molecule has 1 aliphatic rings. The molecule has 1 aliphatic heterocycles. The number of hydrogen-bond acceptors (Lipinski definition) is 5. The third-order valence-electron chi connectivity index (χ3n) is 3.72. The van der Waals surface area contributed by atoms with Crippen molar-refractivity contribution in [2.24, 2.45) is 0 Å². The Bertz CT molecular complexity index is 579. The van der Waals surface area contributed by atoms with Gasteiger partial charge in [-0.15, -0.1) is 0 Å². The van der Waals surface area contributed by atoms with E-state index in [4.69, 9.17) is 17.0 Å². The van der Waals surface area contributed by atoms with Crippen LogP contribution in [0.3, 0.4) is 0 Å². The van der Waals surface area contributed by atoms with E-state index in [1.54, 1.807) is 7.11 Å². The molecule has 25 heavy (non-hydrogen) atoms. The first-order valence-electron chi connectivity index (χ1n) is 8.15. The maximum Gasteiger partial charge on any atom is 0.433 e. The molecule has 1 saturated heterocycles. The lowest BCUT2D eigenvalue weighted by Crippen LogP contribution is -2.33. The van der Waals surface area contributed by atoms with Crippen LogP contribution in [0.5, 0.6) is 0 Å². The van der Waals surface area contributed by atoms with Gasteiger partial charge in [0.05, 0.1) is 0 Å². The van der Waals surface area contributed by atoms with Crippen LogP contribution in [0.25, 0.3) is 0 Å². The van der Waals surface area contributed by atoms with Gasteiger partial charge in [-0.1, -0.05) is 0 Å². The molecule has 1 aromatic heterocycles. The van der Waals surface area contributed by atoms with Crippen molar-refractivity contribution >= 4 is 29.1 Å². The van der Waals surface area contributed by atoms with Crippen LogP contribution < -0.4 is 15.5 Å². The van der Waals surface area contributed by atoms with E-state index in [1.165, 1.54) is 0 Å². The minimum absolute atomic E-state index is 0.153. The van der Waals surface area contributed by atoms with Crippen LogP contribution in [-0.4, -0.2) is 48.4 Å². The van der Waals surface area contributed by atoms with Crippen LogP contribution in [-0.2, 0) is 10.9 Å². The zero-order valence-corrected chi connectivity index (χ0v) is 14.8. The summed E-state index contributed by atoms with van der Waals surface area (Å²) in [5, 5.41) is 5.71. The molecule has 0 bridgehead atoms. The Morgan fingerprint density at radius 3 is 2.64 bits per heavy atom. The number of halogens is 3. The molecule has 10 heteroatoms. The van der Waals surface area contributed by atoms with Gasteiger partial charge in [0.2, 0.25) is 5.95 Å². The van der Waals surface area contributed by atoms with E-state index in [0.717, 1.165) is 31.7 Å². The lowest BCUT2D eigenvalue weighted by Gasteiger charge is -2.28. The van der Waals surface area contributed by atoms with Crippen molar-refractivity contribution in [3.05, 3.63) is 11.8 Å². The average Bonchev–Trinajstić information content (AvgIpc) is 2.58. The number of hydrogen-bond donors (Lipinski definition) is 2. The van der Waals surface area contributed by atoms with Crippen molar-refractivity contribution in [1.29, 1.82) is 0 Å². The fraction of sp³-hybridized carbons (Fsp3) is 0.667. The van der Waals surface area contributed by atoms with Gasteiger partial charge in [0.15, 0.2) is 10.8 Å². The summed E-state index contributed by atoms with van der Waals surface area (Å²) in [6, 6.07) is 0.992. The summed E-state index contributed by atoms with van der Waals surface area (Å²) in [6.45, 7) is 2.48. The fourth-order valence-electron chi connectivity index (χ4n) is 2.48. The Morgan fingerprint density at radius 1 is 1.28 bits per heavy atom. The van der Waals surface area contributed by atoms with Gasteiger partial charge in [-0.2, -0.15) is 18.2 Å². The van der Waals surface area contributed by atoms with Gasteiger partial charge in [0.1, 0.15) is 5.82 Å². The first kappa shape index (κ1) is 19.6. The Labute approximate surface area is 150 Å². The number of aromatic nitrogens is 2. The summed E-state index contributed by atoms with van der Waals surface area (Å²) in [5.41, 5.74) is -0.979. The quantitative estimate of drug-likeness (QED) is 0.584. The van der Waals surface area contributed by atoms with Crippen molar-refractivity contribution in [2.45, 2.75) is 31.9 Å². The summed E-state index contributed by atoms with van der Waals surface area (Å²) >= 11 is 5.08. The van der Waals surface area contributed by atoms with Crippen LogP contribution in [0, 0.1) is 0 Å². The molecule has 0 amide bonds. The molecular formula is C15H22F3N5OS. The third kappa shape index (κ3) is 6.28. The van der Waals surface area contributed by atoms with Gasteiger partial charge in [-0.25, -0.2) is 4.98 Å². The highest BCUT2D eigenvalue weighted by Gasteiger charge is 2.34. The van der Waals surface area contributed by atoms with Crippen LogP contribution in [0.4, 0.5) is 24.9 Å². The lowest BCUT2D eigenvalue weighted by atomic mass is 10.1. The number of anilines is 2. The number of alkyl halides is 3. The molecule has 0 radical (unpaired) electrons. The molecule has 1 fully saturated rings. The summed E-state index contributed by atoms with van der Waals surface area (Å²) in [5.74, 6) is 0.117. The Balaban J connectivity index is 2.11. The number of thiocarbonyl (C=S) groups is 1. The number of nitrogens with one attached hydrogen (secondary N) is 2. The Hall–Kier alpha value is -1.68. The standard InChI is InChI=1S/C15H22F3N5OS/c1-24-9-5-6-19-14(25)22-13-20-11(15(16,17)18)10-12(21-13)23-7-3-2-4-8-23/h10H,2-9H2,1H3,(H2,19,20,21,22,25). The highest BCUT2D eigenvalue weighted by molar-refractivity contribution is 7.80. The monoisotopic (exact) mass is 377 g/mol. The molecule has 0 unspecified atom stereocenters. The molecule has 2 heterocycles. The van der Waals surface area contributed by atoms with Crippen molar-refractivity contribution < 1.29 is 17.9 Å². The first-order chi connectivity index (χ1) is 11.9. The third-order valence-corrected chi connectivity index (χ3v) is 3.97. The van der Waals surface area contributed by atoms with E-state index in [1.807, 2.05) is 4.90 Å². The molecular weight excluding hydrogens is 355 g/mol. The second-order valence-electron chi connectivity index (χ2n) is 5.71. The molecule has 1 aromatic rings. The smallest absolute Gasteiger partial charge is 0.385 e. The van der Waals surface area contributed by atoms with Gasteiger partial charge >= 0.3 is 6.18 Å². The number of piperidine rings is 1. The summed E-state index contributed by atoms with van der Waals surface area (Å²) in [4.78, 5) is 9.61. The van der Waals surface area contributed by atoms with E-state index in [0.29, 0.717) is 26.2 Å². The van der Waals surface area contributed by atoms with Gasteiger partial charge in [-0.3, -0.25) is 0 Å². The Morgan fingerprint density at radius 2 is 2.00 bits per heavy atom. The van der Waals surface area contributed by atoms with Crippen LogP contribution in [0.1, 0.15) is 31.4 Å². The van der Waals surface area contributed by atoms with Gasteiger partial charge in [0.25, 0.3) is 0 Å². The van der Waals surface area contributed by atoms with Crippen LogP contribution in [0.15, 0.2) is 6.07 Å². The summed E-state index contributed by atoms with van der Waals surface area (Å²) < 4.78 is 44.3. The maximum absolute atomic E-state index is 13.1. The average molecular weight is 377 g/mol. The zero-order valence-electron chi connectivity index (χ0n) is 14.0. The Kier molecular flexibility index (Phi) is 7.18. The number of nitrogens with zero attached hydrogens (tertiary/aromatic N) is 3. The fourth-order valence-corrected chi connectivity index (χ4v) is 2.68. The van der Waals surface area contributed by atoms with E-state index < -0.39 is 11.9 Å². The highest BCUT2D eigenvalue weighted by Crippen LogP contribution is 2.31. The van der Waals surface area contributed by atoms with E-state index in [-0.39, 0.29) is 16.9 Å². The first-order valence-corrected chi connectivity index (χ1v) is 8.56. The number of methoxy groups -OCH3 is 1. The van der Waals surface area contributed by atoms with E-state index in [2.05, 4.69) is 20.6 Å². The normalized spacial score (nSPS) is 15.1. The molecule has 0 saturated carbocycles. The van der Waals surface area contributed by atoms with Gasteiger partial charge in [-0.05, 0) is 37.9 Å². The number of rotatable bonds is 6. The largest absolute Gasteiger partial charge is 0.433 e. The minimum atomic E-state index is -4.54. The SMILES string of the molecule is COCCCNC(=S)Nc1nc(N2CCCCC2)cc(C(F)(F)F)n1. The summed E-state index contributed by atoms with van der Waals surface area (Å²) in [6.07, 6.45) is -0.867. The lowest BCUT2D eigenvalue weighted by molar-refractivity contribution is -0.141. The molecule has 0 spiro atoms. The van der Waals surface area contributed by atoms with Crippen LogP contribution in [0.2, 0.25) is 0 Å². The second kappa shape index (κ2) is 9.14. The molecule has 0 atom stereocenters. The topological polar surface area (TPSA) is 62.3 Å². The predicted octanol–water partition coefficient (Wildman–Crippen LogP) is 2.81. The zero-order chi connectivity index (χ0) is 18.3. The van der Waals surface area contributed by atoms with E-state index in [9.17, 15) is 13.2 Å². The molecule has 2 N–H and O–H groups in total. The maximum atomic E-state index is 13.1. The van der Waals surface area contributed by atoms with Crippen molar-refractivity contribution in [3.8, 4) is 0 Å². The highest BCUT2D eigenvalue weighted by atomic mass is 32.1. The minimum Gasteiger partial charge on any atom is -0.385 e. The molecule has 140 valence electrons. The van der Waals surface area contributed by atoms with Gasteiger partial charge < -0.3 is 20.3 Å². The predicted molar refractivity (Wildman–Crippen MR) is 93.8 cm³/mol.